The van der Waals surface area contributed by atoms with Gasteiger partial charge in [0.05, 0.1) is 13.3 Å². The first-order valence-corrected chi connectivity index (χ1v) is 10.5. The summed E-state index contributed by atoms with van der Waals surface area (Å²) in [5, 5.41) is 16.9. The summed E-state index contributed by atoms with van der Waals surface area (Å²) in [4.78, 5) is 25.0. The number of carbonyl (C=O) groups excluding carboxylic acids is 1. The summed E-state index contributed by atoms with van der Waals surface area (Å²) in [5.74, 6) is -1.83. The number of hydrogen-bond acceptors (Lipinski definition) is 7. The SMILES string of the molecule is COC(=O)C(c1ccccc1F)N1CCC(S)/C(=C/c2cn(CCCC(=O)O)nn2)C1. The van der Waals surface area contributed by atoms with Crippen LogP contribution in [0.15, 0.2) is 36.0 Å². The molecule has 0 saturated carbocycles. The third-order valence-corrected chi connectivity index (χ3v) is 5.75. The fourth-order valence-corrected chi connectivity index (χ4v) is 3.88. The molecule has 1 N–H and O–H groups in total. The van der Waals surface area contributed by atoms with Crippen molar-refractivity contribution < 1.29 is 23.8 Å². The van der Waals surface area contributed by atoms with Crippen LogP contribution in [0.2, 0.25) is 0 Å². The number of rotatable bonds is 8. The Kier molecular flexibility index (Phi) is 7.80. The average molecular weight is 449 g/mol. The maximum absolute atomic E-state index is 14.4. The Balaban J connectivity index is 1.78. The Morgan fingerprint density at radius 2 is 2.19 bits per heavy atom. The van der Waals surface area contributed by atoms with E-state index in [0.717, 1.165) is 5.57 Å². The number of esters is 1. The molecule has 2 aromatic rings. The molecular weight excluding hydrogens is 423 g/mol. The number of methoxy groups -OCH3 is 1. The van der Waals surface area contributed by atoms with Crippen molar-refractivity contribution in [1.29, 1.82) is 0 Å². The zero-order chi connectivity index (χ0) is 22.4. The average Bonchev–Trinajstić information content (AvgIpc) is 3.18. The smallest absolute Gasteiger partial charge is 0.327 e. The molecule has 1 aliphatic rings. The number of hydrogen-bond donors (Lipinski definition) is 2. The molecule has 2 heterocycles. The number of aromatic nitrogens is 3. The lowest BCUT2D eigenvalue weighted by Gasteiger charge is -2.36. The summed E-state index contributed by atoms with van der Waals surface area (Å²) in [6, 6.07) is 5.34. The van der Waals surface area contributed by atoms with Gasteiger partial charge in [-0.1, -0.05) is 23.4 Å². The molecule has 31 heavy (non-hydrogen) atoms. The van der Waals surface area contributed by atoms with Crippen LogP contribution >= 0.6 is 12.6 Å². The molecule has 1 fully saturated rings. The highest BCUT2D eigenvalue weighted by atomic mass is 32.1. The fraction of sp³-hybridized carbons (Fsp3) is 0.429. The molecule has 2 unspecified atom stereocenters. The van der Waals surface area contributed by atoms with Gasteiger partial charge in [-0.2, -0.15) is 12.6 Å². The largest absolute Gasteiger partial charge is 0.481 e. The highest BCUT2D eigenvalue weighted by Gasteiger charge is 2.34. The van der Waals surface area contributed by atoms with Crippen LogP contribution in [-0.2, 0) is 20.9 Å². The number of benzene rings is 1. The maximum Gasteiger partial charge on any atom is 0.327 e. The minimum absolute atomic E-state index is 0.0349. The standard InChI is InChI=1S/C21H25FN4O4S/c1-30-21(29)20(16-5-2-3-6-17(16)22)25-10-8-18(31)14(12-25)11-15-13-26(24-23-15)9-4-7-19(27)28/h2-3,5-6,11,13,18,20,31H,4,7-10,12H2,1H3,(H,27,28)/b14-11+. The van der Waals surface area contributed by atoms with Gasteiger partial charge in [-0.05, 0) is 30.6 Å². The number of ether oxygens (including phenoxy) is 1. The molecule has 0 bridgehead atoms. The molecule has 1 aromatic heterocycles. The third kappa shape index (κ3) is 5.92. The summed E-state index contributed by atoms with van der Waals surface area (Å²) in [6.45, 7) is 1.41. The molecule has 0 spiro atoms. The highest BCUT2D eigenvalue weighted by Crippen LogP contribution is 2.31. The number of thiol groups is 1. The molecule has 3 rings (SSSR count). The maximum atomic E-state index is 14.4. The van der Waals surface area contributed by atoms with Gasteiger partial charge in [0.1, 0.15) is 17.6 Å². The number of carboxylic acids is 1. The van der Waals surface area contributed by atoms with E-state index in [4.69, 9.17) is 9.84 Å². The van der Waals surface area contributed by atoms with Crippen molar-refractivity contribution >= 4 is 30.6 Å². The van der Waals surface area contributed by atoms with E-state index in [9.17, 15) is 14.0 Å². The zero-order valence-electron chi connectivity index (χ0n) is 17.1. The molecule has 2 atom stereocenters. The van der Waals surface area contributed by atoms with Crippen molar-refractivity contribution in [3.63, 3.8) is 0 Å². The van der Waals surface area contributed by atoms with Crippen molar-refractivity contribution in [2.24, 2.45) is 0 Å². The quantitative estimate of drug-likeness (QED) is 0.473. The van der Waals surface area contributed by atoms with Gasteiger partial charge in [-0.15, -0.1) is 5.10 Å². The van der Waals surface area contributed by atoms with Crippen LogP contribution < -0.4 is 0 Å². The Hall–Kier alpha value is -2.72. The van der Waals surface area contributed by atoms with Crippen LogP contribution in [0.3, 0.4) is 0 Å². The van der Waals surface area contributed by atoms with Gasteiger partial charge in [-0.3, -0.25) is 14.4 Å². The highest BCUT2D eigenvalue weighted by molar-refractivity contribution is 7.81. The minimum atomic E-state index is -0.859. The van der Waals surface area contributed by atoms with Gasteiger partial charge >= 0.3 is 11.9 Å². The summed E-state index contributed by atoms with van der Waals surface area (Å²) >= 11 is 4.66. The van der Waals surface area contributed by atoms with Crippen LogP contribution in [0, 0.1) is 5.82 Å². The van der Waals surface area contributed by atoms with Gasteiger partial charge in [-0.25, -0.2) is 9.18 Å². The molecule has 1 saturated heterocycles. The zero-order valence-corrected chi connectivity index (χ0v) is 18.0. The number of piperidine rings is 1. The van der Waals surface area contributed by atoms with Crippen LogP contribution in [-0.4, -0.2) is 62.4 Å². The first kappa shape index (κ1) is 23.0. The second kappa shape index (κ2) is 10.5. The number of carboxylic acid groups (broad SMARTS) is 1. The second-order valence-electron chi connectivity index (χ2n) is 7.35. The molecule has 1 aromatic carbocycles. The van der Waals surface area contributed by atoms with Gasteiger partial charge in [0.2, 0.25) is 0 Å². The van der Waals surface area contributed by atoms with Crippen LogP contribution in [0.5, 0.6) is 0 Å². The summed E-state index contributed by atoms with van der Waals surface area (Å²) in [7, 11) is 1.29. The lowest BCUT2D eigenvalue weighted by molar-refractivity contribution is -0.147. The molecule has 10 heteroatoms. The summed E-state index contributed by atoms with van der Waals surface area (Å²) in [5.41, 5.74) is 1.82. The number of aliphatic carboxylic acids is 1. The molecule has 0 amide bonds. The summed E-state index contributed by atoms with van der Waals surface area (Å²) < 4.78 is 21.0. The predicted octanol–water partition coefficient (Wildman–Crippen LogP) is 2.58. The topological polar surface area (TPSA) is 97.5 Å². The number of nitrogens with zero attached hydrogens (tertiary/aromatic N) is 4. The molecule has 166 valence electrons. The van der Waals surface area contributed by atoms with E-state index >= 15 is 0 Å². The molecule has 1 aliphatic heterocycles. The normalized spacial score (nSPS) is 19.3. The van der Waals surface area contributed by atoms with E-state index in [2.05, 4.69) is 22.9 Å². The van der Waals surface area contributed by atoms with E-state index in [1.54, 1.807) is 29.1 Å². The van der Waals surface area contributed by atoms with E-state index in [1.165, 1.54) is 13.2 Å². The predicted molar refractivity (Wildman–Crippen MR) is 115 cm³/mol. The van der Waals surface area contributed by atoms with Gasteiger partial charge in [0.15, 0.2) is 0 Å². The number of halogens is 1. The van der Waals surface area contributed by atoms with Gasteiger partial charge in [0, 0.05) is 36.9 Å². The van der Waals surface area contributed by atoms with Gasteiger partial charge in [0.25, 0.3) is 0 Å². The Bertz CT molecular complexity index is 964. The fourth-order valence-electron chi connectivity index (χ4n) is 3.61. The third-order valence-electron chi connectivity index (χ3n) is 5.16. The molecule has 8 nitrogen and oxygen atoms in total. The van der Waals surface area contributed by atoms with Gasteiger partial charge < -0.3 is 9.84 Å². The van der Waals surface area contributed by atoms with Crippen molar-refractivity contribution in [1.82, 2.24) is 19.9 Å². The van der Waals surface area contributed by atoms with Crippen molar-refractivity contribution in [2.45, 2.75) is 37.1 Å². The van der Waals surface area contributed by atoms with E-state index in [1.807, 2.05) is 11.0 Å². The van der Waals surface area contributed by atoms with Crippen LogP contribution in [0.4, 0.5) is 4.39 Å². The first-order chi connectivity index (χ1) is 14.9. The Labute approximate surface area is 185 Å². The monoisotopic (exact) mass is 448 g/mol. The van der Waals surface area contributed by atoms with E-state index in [0.29, 0.717) is 38.2 Å². The van der Waals surface area contributed by atoms with Crippen LogP contribution in [0.25, 0.3) is 6.08 Å². The molecular formula is C21H25FN4O4S. The van der Waals surface area contributed by atoms with Crippen molar-refractivity contribution in [3.8, 4) is 0 Å². The lowest BCUT2D eigenvalue weighted by Crippen LogP contribution is -2.42. The van der Waals surface area contributed by atoms with Crippen molar-refractivity contribution in [2.75, 3.05) is 20.2 Å². The minimum Gasteiger partial charge on any atom is -0.481 e. The second-order valence-corrected chi connectivity index (χ2v) is 7.97. The van der Waals surface area contributed by atoms with E-state index < -0.39 is 23.8 Å². The molecule has 0 aliphatic carbocycles. The molecule has 0 radical (unpaired) electrons. The Morgan fingerprint density at radius 3 is 2.90 bits per heavy atom. The number of likely N-dealkylation sites (tertiary alicyclic amines) is 1. The number of aryl methyl sites for hydroxylation is 1. The Morgan fingerprint density at radius 1 is 1.42 bits per heavy atom. The summed E-state index contributed by atoms with van der Waals surface area (Å²) in [6.07, 6.45) is 4.79. The van der Waals surface area contributed by atoms with Crippen LogP contribution in [0.1, 0.15) is 36.6 Å². The first-order valence-electron chi connectivity index (χ1n) is 9.95. The number of carbonyl (C=O) groups is 2. The lowest BCUT2D eigenvalue weighted by atomic mass is 9.97. The van der Waals surface area contributed by atoms with E-state index in [-0.39, 0.29) is 17.2 Å². The van der Waals surface area contributed by atoms with Crippen molar-refractivity contribution in [3.05, 3.63) is 53.1 Å².